The smallest absolute Gasteiger partial charge is 0.339 e. The summed E-state index contributed by atoms with van der Waals surface area (Å²) < 4.78 is 6.20. The molecule has 3 aromatic carbocycles. The third-order valence-corrected chi connectivity index (χ3v) is 6.02. The number of aromatic nitrogens is 2. The number of nitrogens with one attached hydrogen (secondary N) is 1. The average molecular weight is 480 g/mol. The number of hydrogen-bond acceptors (Lipinski definition) is 6. The van der Waals surface area contributed by atoms with E-state index in [9.17, 15) is 14.4 Å². The SMILES string of the molecule is COC(=O)c1cc(NC(=O)CSc2nc3ccccc3c(=O)n2-c2ccccc2)ccc1Cl. The van der Waals surface area contributed by atoms with Crippen LogP contribution in [0.2, 0.25) is 5.02 Å². The molecule has 9 heteroatoms. The van der Waals surface area contributed by atoms with Gasteiger partial charge < -0.3 is 10.1 Å². The van der Waals surface area contributed by atoms with Crippen molar-refractivity contribution in [2.45, 2.75) is 5.16 Å². The zero-order valence-corrected chi connectivity index (χ0v) is 19.0. The average Bonchev–Trinajstić information content (AvgIpc) is 2.84. The highest BCUT2D eigenvalue weighted by Crippen LogP contribution is 2.24. The van der Waals surface area contributed by atoms with E-state index in [4.69, 9.17) is 16.3 Å². The molecule has 0 fully saturated rings. The molecule has 0 atom stereocenters. The lowest BCUT2D eigenvalue weighted by atomic mass is 10.2. The topological polar surface area (TPSA) is 90.3 Å². The maximum atomic E-state index is 13.2. The quantitative estimate of drug-likeness (QED) is 0.248. The maximum Gasteiger partial charge on any atom is 0.339 e. The van der Waals surface area contributed by atoms with Crippen LogP contribution in [0, 0.1) is 0 Å². The first-order valence-electron chi connectivity index (χ1n) is 9.85. The molecule has 166 valence electrons. The van der Waals surface area contributed by atoms with E-state index >= 15 is 0 Å². The van der Waals surface area contributed by atoms with Gasteiger partial charge in [0.1, 0.15) is 0 Å². The van der Waals surface area contributed by atoms with Crippen molar-refractivity contribution >= 4 is 51.8 Å². The Balaban J connectivity index is 1.60. The minimum Gasteiger partial charge on any atom is -0.465 e. The Morgan fingerprint density at radius 1 is 1.06 bits per heavy atom. The van der Waals surface area contributed by atoms with Crippen LogP contribution in [0.15, 0.2) is 82.7 Å². The lowest BCUT2D eigenvalue weighted by Gasteiger charge is -2.13. The van der Waals surface area contributed by atoms with Gasteiger partial charge in [0.25, 0.3) is 5.56 Å². The number of nitrogens with zero attached hydrogens (tertiary/aromatic N) is 2. The molecule has 1 aromatic heterocycles. The van der Waals surface area contributed by atoms with Crippen LogP contribution in [0.3, 0.4) is 0 Å². The van der Waals surface area contributed by atoms with E-state index in [1.54, 1.807) is 24.3 Å². The van der Waals surface area contributed by atoms with Crippen LogP contribution in [0.1, 0.15) is 10.4 Å². The van der Waals surface area contributed by atoms with E-state index in [1.807, 2.05) is 36.4 Å². The number of methoxy groups -OCH3 is 1. The number of benzene rings is 3. The number of thioether (sulfide) groups is 1. The van der Waals surface area contributed by atoms with Crippen molar-refractivity contribution in [1.29, 1.82) is 0 Å². The van der Waals surface area contributed by atoms with Crippen LogP contribution < -0.4 is 10.9 Å². The van der Waals surface area contributed by atoms with Gasteiger partial charge in [-0.15, -0.1) is 0 Å². The number of halogens is 1. The van der Waals surface area contributed by atoms with Crippen molar-refractivity contribution in [3.8, 4) is 5.69 Å². The van der Waals surface area contributed by atoms with Crippen molar-refractivity contribution < 1.29 is 14.3 Å². The number of hydrogen-bond donors (Lipinski definition) is 1. The van der Waals surface area contributed by atoms with Gasteiger partial charge in [0.05, 0.1) is 40.0 Å². The van der Waals surface area contributed by atoms with E-state index in [2.05, 4.69) is 10.3 Å². The van der Waals surface area contributed by atoms with Crippen LogP contribution in [-0.2, 0) is 9.53 Å². The predicted octanol–water partition coefficient (Wildman–Crippen LogP) is 4.56. The fraction of sp³-hybridized carbons (Fsp3) is 0.0833. The van der Waals surface area contributed by atoms with Crippen molar-refractivity contribution in [3.05, 3.63) is 93.7 Å². The van der Waals surface area contributed by atoms with Crippen molar-refractivity contribution in [2.24, 2.45) is 0 Å². The van der Waals surface area contributed by atoms with Gasteiger partial charge in [-0.05, 0) is 42.5 Å². The normalized spacial score (nSPS) is 10.7. The second kappa shape index (κ2) is 9.89. The first-order valence-corrected chi connectivity index (χ1v) is 11.2. The highest BCUT2D eigenvalue weighted by Gasteiger charge is 2.16. The number of anilines is 1. The lowest BCUT2D eigenvalue weighted by Crippen LogP contribution is -2.23. The van der Waals surface area contributed by atoms with Gasteiger partial charge in [-0.25, -0.2) is 9.78 Å². The Kier molecular flexibility index (Phi) is 6.76. The molecular formula is C24H18ClN3O4S. The summed E-state index contributed by atoms with van der Waals surface area (Å²) in [6.45, 7) is 0. The largest absolute Gasteiger partial charge is 0.465 e. The fourth-order valence-corrected chi connectivity index (χ4v) is 4.22. The van der Waals surface area contributed by atoms with Crippen LogP contribution >= 0.6 is 23.4 Å². The standard InChI is InChI=1S/C24H18ClN3O4S/c1-32-23(31)18-13-15(11-12-19(18)25)26-21(29)14-33-24-27-20-10-6-5-9-17(20)22(30)28(24)16-7-3-2-4-8-16/h2-13H,14H2,1H3,(H,26,29). The number of carbonyl (C=O) groups excluding carboxylic acids is 2. The van der Waals surface area contributed by atoms with Gasteiger partial charge in [0, 0.05) is 5.69 Å². The maximum absolute atomic E-state index is 13.2. The van der Waals surface area contributed by atoms with Gasteiger partial charge in [-0.3, -0.25) is 14.2 Å². The van der Waals surface area contributed by atoms with Gasteiger partial charge in [0.15, 0.2) is 5.16 Å². The summed E-state index contributed by atoms with van der Waals surface area (Å²) in [4.78, 5) is 42.3. The minimum absolute atomic E-state index is 0.00615. The molecule has 0 aliphatic carbocycles. The molecule has 1 amide bonds. The highest BCUT2D eigenvalue weighted by molar-refractivity contribution is 7.99. The number of esters is 1. The molecule has 33 heavy (non-hydrogen) atoms. The first-order chi connectivity index (χ1) is 16.0. The predicted molar refractivity (Wildman–Crippen MR) is 129 cm³/mol. The second-order valence-electron chi connectivity index (χ2n) is 6.91. The molecule has 1 heterocycles. The molecule has 0 unspecified atom stereocenters. The summed E-state index contributed by atoms with van der Waals surface area (Å²) in [7, 11) is 1.25. The van der Waals surface area contributed by atoms with Crippen LogP contribution in [0.25, 0.3) is 16.6 Å². The minimum atomic E-state index is -0.599. The summed E-state index contributed by atoms with van der Waals surface area (Å²) >= 11 is 7.17. The molecule has 7 nitrogen and oxygen atoms in total. The second-order valence-corrected chi connectivity index (χ2v) is 8.26. The first kappa shape index (κ1) is 22.6. The molecule has 0 saturated carbocycles. The summed E-state index contributed by atoms with van der Waals surface area (Å²) in [6, 6.07) is 20.8. The van der Waals surface area contributed by atoms with E-state index in [1.165, 1.54) is 23.8 Å². The third-order valence-electron chi connectivity index (χ3n) is 4.75. The fourth-order valence-electron chi connectivity index (χ4n) is 3.21. The van der Waals surface area contributed by atoms with Gasteiger partial charge in [-0.2, -0.15) is 0 Å². The Labute approximate surface area is 198 Å². The highest BCUT2D eigenvalue weighted by atomic mass is 35.5. The summed E-state index contributed by atoms with van der Waals surface area (Å²) in [5.41, 5.74) is 1.55. The van der Waals surface area contributed by atoms with E-state index < -0.39 is 5.97 Å². The monoisotopic (exact) mass is 479 g/mol. The molecule has 4 rings (SSSR count). The number of para-hydroxylation sites is 2. The molecular weight excluding hydrogens is 462 g/mol. The van der Waals surface area contributed by atoms with Crippen molar-refractivity contribution in [2.75, 3.05) is 18.2 Å². The Bertz CT molecular complexity index is 1410. The molecule has 0 aliphatic rings. The summed E-state index contributed by atoms with van der Waals surface area (Å²) in [5, 5.41) is 3.84. The number of carbonyl (C=O) groups is 2. The Morgan fingerprint density at radius 3 is 2.55 bits per heavy atom. The number of amides is 1. The van der Waals surface area contributed by atoms with Gasteiger partial charge in [0.2, 0.25) is 5.91 Å². The molecule has 0 spiro atoms. The van der Waals surface area contributed by atoms with Crippen molar-refractivity contribution in [1.82, 2.24) is 9.55 Å². The molecule has 1 N–H and O–H groups in total. The van der Waals surface area contributed by atoms with E-state index in [0.717, 1.165) is 11.8 Å². The molecule has 0 bridgehead atoms. The van der Waals surface area contributed by atoms with Crippen molar-refractivity contribution in [3.63, 3.8) is 0 Å². The molecule has 0 radical (unpaired) electrons. The Morgan fingerprint density at radius 2 is 1.79 bits per heavy atom. The van der Waals surface area contributed by atoms with E-state index in [-0.39, 0.29) is 27.8 Å². The molecule has 0 saturated heterocycles. The van der Waals surface area contributed by atoms with Crippen LogP contribution in [-0.4, -0.2) is 34.3 Å². The van der Waals surface area contributed by atoms with Crippen LogP contribution in [0.4, 0.5) is 5.69 Å². The van der Waals surface area contributed by atoms with E-state index in [0.29, 0.717) is 27.4 Å². The third kappa shape index (κ3) is 4.92. The zero-order chi connectivity index (χ0) is 23.4. The zero-order valence-electron chi connectivity index (χ0n) is 17.4. The molecule has 4 aromatic rings. The number of fused-ring (bicyclic) bond motifs is 1. The summed E-state index contributed by atoms with van der Waals surface area (Å²) in [5.74, 6) is -0.939. The van der Waals surface area contributed by atoms with Crippen LogP contribution in [0.5, 0.6) is 0 Å². The van der Waals surface area contributed by atoms with Gasteiger partial charge >= 0.3 is 5.97 Å². The number of ether oxygens (including phenoxy) is 1. The number of rotatable bonds is 6. The summed E-state index contributed by atoms with van der Waals surface area (Å²) in [6.07, 6.45) is 0. The lowest BCUT2D eigenvalue weighted by molar-refractivity contribution is -0.113. The molecule has 0 aliphatic heterocycles. The Hall–Kier alpha value is -3.62. The van der Waals surface area contributed by atoms with Gasteiger partial charge in [-0.1, -0.05) is 53.7 Å².